The molecule has 6 rings (SSSR count). The van der Waals surface area contributed by atoms with Crippen LogP contribution in [-0.4, -0.2) is 0 Å². The van der Waals surface area contributed by atoms with E-state index in [0.717, 1.165) is 19.3 Å². The normalized spacial score (nSPS) is 14.9. The summed E-state index contributed by atoms with van der Waals surface area (Å²) in [5.74, 6) is 0. The van der Waals surface area contributed by atoms with Gasteiger partial charge in [0, 0.05) is 5.41 Å². The second-order valence-corrected chi connectivity index (χ2v) is 14.8. The third-order valence-corrected chi connectivity index (χ3v) is 10.0. The minimum atomic E-state index is 0.0266. The van der Waals surface area contributed by atoms with Gasteiger partial charge in [-0.25, -0.2) is 0 Å². The molecule has 0 spiro atoms. The summed E-state index contributed by atoms with van der Waals surface area (Å²) in [6.45, 7) is 18.5. The van der Waals surface area contributed by atoms with Crippen molar-refractivity contribution in [2.75, 3.05) is 0 Å². The van der Waals surface area contributed by atoms with Crippen LogP contribution < -0.4 is 0 Å². The maximum Gasteiger partial charge on any atom is 0.0103 e. The highest BCUT2D eigenvalue weighted by molar-refractivity contribution is 5.84. The second kappa shape index (κ2) is 10.3. The summed E-state index contributed by atoms with van der Waals surface area (Å²) >= 11 is 0. The van der Waals surface area contributed by atoms with E-state index in [2.05, 4.69) is 152 Å². The Hall–Kier alpha value is -3.64. The van der Waals surface area contributed by atoms with Gasteiger partial charge in [0.25, 0.3) is 0 Å². The van der Waals surface area contributed by atoms with E-state index in [1.54, 1.807) is 11.1 Å². The van der Waals surface area contributed by atoms with Crippen LogP contribution in [0.15, 0.2) is 96.1 Å². The highest BCUT2D eigenvalue weighted by Gasteiger charge is 2.36. The molecule has 4 aromatic rings. The van der Waals surface area contributed by atoms with Crippen molar-refractivity contribution in [2.45, 2.75) is 85.5 Å². The molecule has 0 radical (unpaired) electrons. The number of rotatable bonds is 5. The summed E-state index contributed by atoms with van der Waals surface area (Å²) in [5.41, 5.74) is 17.3. The summed E-state index contributed by atoms with van der Waals surface area (Å²) in [7, 11) is 0. The first kappa shape index (κ1) is 28.5. The van der Waals surface area contributed by atoms with Crippen molar-refractivity contribution in [1.29, 1.82) is 0 Å². The number of hydrogen-bond acceptors (Lipinski definition) is 0. The second-order valence-electron chi connectivity index (χ2n) is 14.8. The fourth-order valence-corrected chi connectivity index (χ4v) is 6.91. The van der Waals surface area contributed by atoms with Crippen LogP contribution in [0.5, 0.6) is 0 Å². The third-order valence-electron chi connectivity index (χ3n) is 10.0. The van der Waals surface area contributed by atoms with E-state index in [1.807, 2.05) is 0 Å². The summed E-state index contributed by atoms with van der Waals surface area (Å²) < 4.78 is 0. The fraction of sp³-hybridized carbons (Fsp3) is 0.333. The third kappa shape index (κ3) is 5.00. The Morgan fingerprint density at radius 1 is 0.500 bits per heavy atom. The van der Waals surface area contributed by atoms with Crippen molar-refractivity contribution in [1.82, 2.24) is 0 Å². The topological polar surface area (TPSA) is 0 Å². The number of fused-ring (bicyclic) bond motifs is 2. The zero-order chi connectivity index (χ0) is 29.9. The standard InChI is InChI=1S/C42H46/c1-9-42(8,34-24-30-12-10-14-36(38(30)26-34)28-16-20-32(21-17-28)40(2,3)4)35-25-31-13-11-15-37(39(31)27-35)29-18-22-33(23-19-29)41(5,6)7/h10-23,26-27H,9,24-25H2,1-8H3. The lowest BCUT2D eigenvalue weighted by molar-refractivity contribution is 0.452. The van der Waals surface area contributed by atoms with E-state index in [9.17, 15) is 0 Å². The van der Waals surface area contributed by atoms with Gasteiger partial charge in [-0.2, -0.15) is 0 Å². The molecular formula is C42H46. The Balaban J connectivity index is 1.35. The lowest BCUT2D eigenvalue weighted by Crippen LogP contribution is -2.21. The zero-order valence-corrected chi connectivity index (χ0v) is 26.9. The summed E-state index contributed by atoms with van der Waals surface area (Å²) in [6.07, 6.45) is 8.21. The minimum Gasteiger partial charge on any atom is -0.0642 e. The first-order valence-electron chi connectivity index (χ1n) is 15.8. The SMILES string of the molecule is CCC(C)(C1=Cc2c(cccc2-c2ccc(C(C)(C)C)cc2)C1)C1=Cc2c(cccc2-c2ccc(C(C)(C)C)cc2)C1. The molecule has 214 valence electrons. The van der Waals surface area contributed by atoms with E-state index in [1.165, 1.54) is 55.6 Å². The molecule has 0 fully saturated rings. The molecule has 0 aromatic heterocycles. The first-order chi connectivity index (χ1) is 19.9. The van der Waals surface area contributed by atoms with Gasteiger partial charge in [0.2, 0.25) is 0 Å². The van der Waals surface area contributed by atoms with Crippen molar-refractivity contribution in [3.63, 3.8) is 0 Å². The van der Waals surface area contributed by atoms with Crippen LogP contribution in [0.4, 0.5) is 0 Å². The van der Waals surface area contributed by atoms with Crippen molar-refractivity contribution in [3.8, 4) is 22.3 Å². The molecule has 4 aromatic carbocycles. The molecule has 0 aliphatic heterocycles. The largest absolute Gasteiger partial charge is 0.0642 e. The van der Waals surface area contributed by atoms with Gasteiger partial charge in [0.15, 0.2) is 0 Å². The molecule has 0 saturated carbocycles. The molecule has 42 heavy (non-hydrogen) atoms. The van der Waals surface area contributed by atoms with E-state index >= 15 is 0 Å². The number of hydrogen-bond donors (Lipinski definition) is 0. The van der Waals surface area contributed by atoms with Gasteiger partial charge in [-0.15, -0.1) is 0 Å². The van der Waals surface area contributed by atoms with Gasteiger partial charge in [-0.1, -0.05) is 164 Å². The lowest BCUT2D eigenvalue weighted by atomic mass is 9.72. The molecule has 0 N–H and O–H groups in total. The lowest BCUT2D eigenvalue weighted by Gasteiger charge is -2.32. The molecule has 0 amide bonds. The molecule has 0 heterocycles. The first-order valence-corrected chi connectivity index (χ1v) is 15.8. The summed E-state index contributed by atoms with van der Waals surface area (Å²) in [4.78, 5) is 0. The van der Waals surface area contributed by atoms with Gasteiger partial charge < -0.3 is 0 Å². The smallest absolute Gasteiger partial charge is 0.0103 e. The van der Waals surface area contributed by atoms with E-state index in [4.69, 9.17) is 0 Å². The predicted molar refractivity (Wildman–Crippen MR) is 183 cm³/mol. The predicted octanol–water partition coefficient (Wildman–Crippen LogP) is 11.6. The van der Waals surface area contributed by atoms with Crippen LogP contribution in [0.25, 0.3) is 34.4 Å². The quantitative estimate of drug-likeness (QED) is 0.232. The number of allylic oxidation sites excluding steroid dienone is 2. The Morgan fingerprint density at radius 2 is 0.881 bits per heavy atom. The van der Waals surface area contributed by atoms with Crippen molar-refractivity contribution < 1.29 is 0 Å². The highest BCUT2D eigenvalue weighted by Crippen LogP contribution is 2.50. The molecule has 0 nitrogen and oxygen atoms in total. The van der Waals surface area contributed by atoms with Crippen molar-refractivity contribution >= 4 is 12.2 Å². The van der Waals surface area contributed by atoms with E-state index < -0.39 is 0 Å². The van der Waals surface area contributed by atoms with E-state index in [0.29, 0.717) is 0 Å². The van der Waals surface area contributed by atoms with Gasteiger partial charge in [-0.05, 0) is 85.7 Å². The Labute approximate surface area is 254 Å². The molecule has 0 heteroatoms. The van der Waals surface area contributed by atoms with E-state index in [-0.39, 0.29) is 16.2 Å². The van der Waals surface area contributed by atoms with Gasteiger partial charge in [-0.3, -0.25) is 0 Å². The van der Waals surface area contributed by atoms with Crippen LogP contribution in [0.2, 0.25) is 0 Å². The maximum atomic E-state index is 2.53. The fourth-order valence-electron chi connectivity index (χ4n) is 6.91. The van der Waals surface area contributed by atoms with Crippen LogP contribution in [-0.2, 0) is 23.7 Å². The van der Waals surface area contributed by atoms with Crippen LogP contribution >= 0.6 is 0 Å². The maximum absolute atomic E-state index is 2.53. The zero-order valence-electron chi connectivity index (χ0n) is 26.9. The highest BCUT2D eigenvalue weighted by atomic mass is 14.4. The van der Waals surface area contributed by atoms with Crippen molar-refractivity contribution in [2.24, 2.45) is 5.41 Å². The average Bonchev–Trinajstić information content (AvgIpc) is 3.61. The average molecular weight is 551 g/mol. The Morgan fingerprint density at radius 3 is 1.21 bits per heavy atom. The molecule has 0 bridgehead atoms. The van der Waals surface area contributed by atoms with Crippen LogP contribution in [0.3, 0.4) is 0 Å². The minimum absolute atomic E-state index is 0.0266. The van der Waals surface area contributed by atoms with Gasteiger partial charge in [0.1, 0.15) is 0 Å². The molecule has 2 aliphatic carbocycles. The Kier molecular flexibility index (Phi) is 6.96. The molecule has 0 unspecified atom stereocenters. The monoisotopic (exact) mass is 550 g/mol. The van der Waals surface area contributed by atoms with Gasteiger partial charge in [0.05, 0.1) is 0 Å². The summed E-state index contributed by atoms with van der Waals surface area (Å²) in [5, 5.41) is 0. The van der Waals surface area contributed by atoms with Gasteiger partial charge >= 0.3 is 0 Å². The number of benzene rings is 4. The molecule has 0 saturated heterocycles. The Bertz CT molecular complexity index is 1570. The van der Waals surface area contributed by atoms with Crippen LogP contribution in [0.1, 0.15) is 95.2 Å². The molecule has 0 atom stereocenters. The molecular weight excluding hydrogens is 504 g/mol. The van der Waals surface area contributed by atoms with Crippen LogP contribution in [0, 0.1) is 5.41 Å². The summed E-state index contributed by atoms with van der Waals surface area (Å²) in [6, 6.07) is 32.2. The molecule has 2 aliphatic rings. The van der Waals surface area contributed by atoms with Crippen molar-refractivity contribution in [3.05, 3.63) is 129 Å².